The van der Waals surface area contributed by atoms with Crippen LogP contribution < -0.4 is 21.1 Å². The smallest absolute Gasteiger partial charge is 0.159 e. The highest BCUT2D eigenvalue weighted by Gasteiger charge is 2.10. The van der Waals surface area contributed by atoms with E-state index in [0.717, 1.165) is 11.4 Å². The maximum absolute atomic E-state index is 6.16. The van der Waals surface area contributed by atoms with Crippen LogP contribution in [0.3, 0.4) is 0 Å². The molecule has 4 N–H and O–H groups in total. The quantitative estimate of drug-likeness (QED) is 0.666. The normalized spacial score (nSPS) is 10.1. The molecule has 1 aromatic carbocycles. The third-order valence-electron chi connectivity index (χ3n) is 3.19. The number of para-hydroxylation sites is 2. The molecule has 0 saturated heterocycles. The Morgan fingerprint density at radius 1 is 0.957 bits per heavy atom. The first-order chi connectivity index (χ1) is 11.3. The Hall–Kier alpha value is -3.35. The van der Waals surface area contributed by atoms with Crippen molar-refractivity contribution >= 4 is 28.7 Å². The van der Waals surface area contributed by atoms with E-state index in [1.165, 1.54) is 6.33 Å². The summed E-state index contributed by atoms with van der Waals surface area (Å²) in [6, 6.07) is 11.2. The first-order valence-corrected chi connectivity index (χ1v) is 6.95. The van der Waals surface area contributed by atoms with Gasteiger partial charge in [0.25, 0.3) is 0 Å². The van der Waals surface area contributed by atoms with Crippen LogP contribution in [0.2, 0.25) is 0 Å². The molecule has 0 fully saturated rings. The van der Waals surface area contributed by atoms with Crippen molar-refractivity contribution in [2.24, 2.45) is 0 Å². The highest BCUT2D eigenvalue weighted by atomic mass is 16.5. The summed E-state index contributed by atoms with van der Waals surface area (Å²) in [5.41, 5.74) is 8.19. The van der Waals surface area contributed by atoms with Gasteiger partial charge in [0.15, 0.2) is 11.6 Å². The fraction of sp³-hybridized carbons (Fsp3) is 0.0625. The number of nitrogens with one attached hydrogen (secondary N) is 2. The minimum absolute atomic E-state index is 0.412. The van der Waals surface area contributed by atoms with Gasteiger partial charge >= 0.3 is 0 Å². The Kier molecular flexibility index (Phi) is 4.19. The Morgan fingerprint density at radius 2 is 1.65 bits per heavy atom. The minimum Gasteiger partial charge on any atom is -0.495 e. The molecular weight excluding hydrogens is 292 g/mol. The van der Waals surface area contributed by atoms with Gasteiger partial charge < -0.3 is 21.1 Å². The Balaban J connectivity index is 1.88. The number of rotatable bonds is 5. The molecule has 0 saturated carbocycles. The molecular formula is C16H16N6O. The van der Waals surface area contributed by atoms with E-state index in [-0.39, 0.29) is 0 Å². The maximum Gasteiger partial charge on any atom is 0.159 e. The molecule has 0 aliphatic rings. The molecule has 0 amide bonds. The predicted octanol–water partition coefficient (Wildman–Crippen LogP) is 2.95. The molecule has 7 heteroatoms. The van der Waals surface area contributed by atoms with Crippen LogP contribution in [0.5, 0.6) is 5.75 Å². The Bertz CT molecular complexity index is 794. The minimum atomic E-state index is 0.412. The van der Waals surface area contributed by atoms with Gasteiger partial charge in [-0.1, -0.05) is 12.1 Å². The van der Waals surface area contributed by atoms with Crippen LogP contribution in [0.15, 0.2) is 55.1 Å². The number of nitrogen functional groups attached to an aromatic ring is 1. The first-order valence-electron chi connectivity index (χ1n) is 6.95. The zero-order valence-corrected chi connectivity index (χ0v) is 12.5. The molecule has 2 heterocycles. The molecule has 0 aliphatic carbocycles. The summed E-state index contributed by atoms with van der Waals surface area (Å²) in [6.07, 6.45) is 4.82. The lowest BCUT2D eigenvalue weighted by atomic mass is 10.3. The SMILES string of the molecule is COc1ccccc1Nc1ncnc(Nc2ccncc2)c1N. The summed E-state index contributed by atoms with van der Waals surface area (Å²) >= 11 is 0. The van der Waals surface area contributed by atoms with Crippen LogP contribution in [0.4, 0.5) is 28.7 Å². The van der Waals surface area contributed by atoms with Crippen LogP contribution in [0.1, 0.15) is 0 Å². The van der Waals surface area contributed by atoms with Crippen LogP contribution in [0.25, 0.3) is 0 Å². The van der Waals surface area contributed by atoms with Gasteiger partial charge in [0.05, 0.1) is 12.8 Å². The van der Waals surface area contributed by atoms with Gasteiger partial charge in [-0.05, 0) is 24.3 Å². The molecule has 0 bridgehead atoms. The highest BCUT2D eigenvalue weighted by molar-refractivity contribution is 5.81. The Labute approximate surface area is 133 Å². The number of hydrogen-bond donors (Lipinski definition) is 3. The van der Waals surface area contributed by atoms with Crippen molar-refractivity contribution in [3.63, 3.8) is 0 Å². The average molecular weight is 308 g/mol. The molecule has 3 aromatic rings. The summed E-state index contributed by atoms with van der Waals surface area (Å²) in [7, 11) is 1.61. The zero-order chi connectivity index (χ0) is 16.1. The molecule has 3 rings (SSSR count). The van der Waals surface area contributed by atoms with Gasteiger partial charge in [-0.2, -0.15) is 0 Å². The number of hydrogen-bond acceptors (Lipinski definition) is 7. The molecule has 7 nitrogen and oxygen atoms in total. The summed E-state index contributed by atoms with van der Waals surface area (Å²) in [6.45, 7) is 0. The second kappa shape index (κ2) is 6.61. The van der Waals surface area contributed by atoms with Gasteiger partial charge in [0, 0.05) is 18.1 Å². The Morgan fingerprint density at radius 3 is 2.39 bits per heavy atom. The summed E-state index contributed by atoms with van der Waals surface area (Å²) in [5.74, 6) is 1.72. The second-order valence-electron chi connectivity index (χ2n) is 4.67. The molecule has 0 atom stereocenters. The topological polar surface area (TPSA) is 98.0 Å². The lowest BCUT2D eigenvalue weighted by Crippen LogP contribution is -2.05. The van der Waals surface area contributed by atoms with Crippen molar-refractivity contribution in [3.8, 4) is 5.75 Å². The monoisotopic (exact) mass is 308 g/mol. The van der Waals surface area contributed by atoms with E-state index in [1.54, 1.807) is 19.5 Å². The van der Waals surface area contributed by atoms with Crippen LogP contribution in [0, 0.1) is 0 Å². The first kappa shape index (κ1) is 14.6. The van der Waals surface area contributed by atoms with E-state index in [0.29, 0.717) is 23.1 Å². The molecule has 0 spiro atoms. The fourth-order valence-electron chi connectivity index (χ4n) is 2.04. The number of methoxy groups -OCH3 is 1. The number of ether oxygens (including phenoxy) is 1. The third kappa shape index (κ3) is 3.29. The van der Waals surface area contributed by atoms with E-state index in [9.17, 15) is 0 Å². The van der Waals surface area contributed by atoms with E-state index in [1.807, 2.05) is 36.4 Å². The highest BCUT2D eigenvalue weighted by Crippen LogP contribution is 2.31. The van der Waals surface area contributed by atoms with Crippen molar-refractivity contribution in [3.05, 3.63) is 55.1 Å². The molecule has 0 unspecified atom stereocenters. The van der Waals surface area contributed by atoms with Crippen molar-refractivity contribution in [1.29, 1.82) is 0 Å². The molecule has 2 aromatic heterocycles. The van der Waals surface area contributed by atoms with Crippen molar-refractivity contribution in [2.75, 3.05) is 23.5 Å². The van der Waals surface area contributed by atoms with Gasteiger partial charge in [-0.15, -0.1) is 0 Å². The predicted molar refractivity (Wildman–Crippen MR) is 90.2 cm³/mol. The van der Waals surface area contributed by atoms with Gasteiger partial charge in [0.1, 0.15) is 17.8 Å². The van der Waals surface area contributed by atoms with E-state index in [2.05, 4.69) is 25.6 Å². The van der Waals surface area contributed by atoms with E-state index < -0.39 is 0 Å². The summed E-state index contributed by atoms with van der Waals surface area (Å²) < 4.78 is 5.31. The zero-order valence-electron chi connectivity index (χ0n) is 12.5. The van der Waals surface area contributed by atoms with Crippen molar-refractivity contribution in [1.82, 2.24) is 15.0 Å². The number of pyridine rings is 1. The number of benzene rings is 1. The largest absolute Gasteiger partial charge is 0.495 e. The molecule has 0 aliphatic heterocycles. The van der Waals surface area contributed by atoms with E-state index in [4.69, 9.17) is 10.5 Å². The lowest BCUT2D eigenvalue weighted by Gasteiger charge is -2.14. The van der Waals surface area contributed by atoms with Gasteiger partial charge in [-0.25, -0.2) is 9.97 Å². The number of anilines is 5. The van der Waals surface area contributed by atoms with Crippen molar-refractivity contribution in [2.45, 2.75) is 0 Å². The van der Waals surface area contributed by atoms with Gasteiger partial charge in [-0.3, -0.25) is 4.98 Å². The van der Waals surface area contributed by atoms with Gasteiger partial charge in [0.2, 0.25) is 0 Å². The third-order valence-corrected chi connectivity index (χ3v) is 3.19. The fourth-order valence-corrected chi connectivity index (χ4v) is 2.04. The maximum atomic E-state index is 6.16. The second-order valence-corrected chi connectivity index (χ2v) is 4.67. The van der Waals surface area contributed by atoms with Crippen LogP contribution in [-0.2, 0) is 0 Å². The van der Waals surface area contributed by atoms with Crippen LogP contribution >= 0.6 is 0 Å². The molecule has 116 valence electrons. The number of aromatic nitrogens is 3. The average Bonchev–Trinajstić information content (AvgIpc) is 2.60. The number of nitrogens with two attached hydrogens (primary N) is 1. The number of nitrogens with zero attached hydrogens (tertiary/aromatic N) is 3. The standard InChI is InChI=1S/C16H16N6O/c1-23-13-5-3-2-4-12(13)22-16-14(17)15(19-10-20-16)21-11-6-8-18-9-7-11/h2-10H,17H2,1H3,(H2,18,19,20,21,22). The molecule has 0 radical (unpaired) electrons. The summed E-state index contributed by atoms with van der Waals surface area (Å²) in [5, 5.41) is 6.30. The van der Waals surface area contributed by atoms with Crippen LogP contribution in [-0.4, -0.2) is 22.1 Å². The lowest BCUT2D eigenvalue weighted by molar-refractivity contribution is 0.417. The van der Waals surface area contributed by atoms with Crippen molar-refractivity contribution < 1.29 is 4.74 Å². The molecule has 23 heavy (non-hydrogen) atoms. The summed E-state index contributed by atoms with van der Waals surface area (Å²) in [4.78, 5) is 12.3. The van der Waals surface area contributed by atoms with E-state index >= 15 is 0 Å².